The summed E-state index contributed by atoms with van der Waals surface area (Å²) >= 11 is 9.54. The van der Waals surface area contributed by atoms with E-state index in [-0.39, 0.29) is 0 Å². The van der Waals surface area contributed by atoms with Gasteiger partial charge in [0.1, 0.15) is 9.86 Å². The molecular formula is C13H15ClN2S2. The number of rotatable bonds is 3. The van der Waals surface area contributed by atoms with Crippen LogP contribution in [0.15, 0.2) is 11.1 Å². The molecule has 0 aliphatic heterocycles. The molecule has 1 aliphatic rings. The predicted molar refractivity (Wildman–Crippen MR) is 79.8 cm³/mol. The molecule has 0 saturated heterocycles. The van der Waals surface area contributed by atoms with Gasteiger partial charge in [0.05, 0.1) is 0 Å². The fraction of sp³-hybridized carbons (Fsp3) is 0.538. The van der Waals surface area contributed by atoms with Gasteiger partial charge in [-0.05, 0) is 43.4 Å². The third-order valence-electron chi connectivity index (χ3n) is 3.38. The first kappa shape index (κ1) is 12.7. The van der Waals surface area contributed by atoms with E-state index in [9.17, 15) is 0 Å². The highest BCUT2D eigenvalue weighted by Gasteiger charge is 2.17. The standard InChI is InChI=1S/C13H15ClN2S2/c1-8-6-10-11(15-13(14)16-12(10)18-8)17-7-9-4-2-3-5-9/h6,9H,2-5,7H2,1H3. The molecule has 2 heterocycles. The summed E-state index contributed by atoms with van der Waals surface area (Å²) < 4.78 is 0. The lowest BCUT2D eigenvalue weighted by Crippen LogP contribution is -1.97. The number of fused-ring (bicyclic) bond motifs is 1. The van der Waals surface area contributed by atoms with E-state index in [0.717, 1.165) is 21.5 Å². The Kier molecular flexibility index (Phi) is 3.78. The van der Waals surface area contributed by atoms with Gasteiger partial charge in [-0.1, -0.05) is 12.8 Å². The summed E-state index contributed by atoms with van der Waals surface area (Å²) in [6, 6.07) is 2.17. The zero-order valence-electron chi connectivity index (χ0n) is 10.3. The molecule has 1 saturated carbocycles. The predicted octanol–water partition coefficient (Wildman–Crippen LogP) is 4.94. The molecular weight excluding hydrogens is 284 g/mol. The van der Waals surface area contributed by atoms with Gasteiger partial charge in [-0.2, -0.15) is 0 Å². The molecule has 18 heavy (non-hydrogen) atoms. The molecule has 0 spiro atoms. The van der Waals surface area contributed by atoms with Crippen LogP contribution in [-0.4, -0.2) is 15.7 Å². The molecule has 2 nitrogen and oxygen atoms in total. The van der Waals surface area contributed by atoms with Crippen molar-refractivity contribution in [3.63, 3.8) is 0 Å². The molecule has 1 fully saturated rings. The smallest absolute Gasteiger partial charge is 0.211 e. The molecule has 1 aliphatic carbocycles. The first-order valence-corrected chi connectivity index (χ1v) is 8.47. The van der Waals surface area contributed by atoms with Gasteiger partial charge in [0, 0.05) is 16.0 Å². The Morgan fingerprint density at radius 1 is 1.39 bits per heavy atom. The van der Waals surface area contributed by atoms with E-state index in [4.69, 9.17) is 11.6 Å². The van der Waals surface area contributed by atoms with Gasteiger partial charge in [0.25, 0.3) is 0 Å². The summed E-state index contributed by atoms with van der Waals surface area (Å²) in [4.78, 5) is 11.0. The number of thiophene rings is 1. The van der Waals surface area contributed by atoms with Crippen molar-refractivity contribution < 1.29 is 0 Å². The zero-order valence-corrected chi connectivity index (χ0v) is 12.7. The molecule has 0 atom stereocenters. The van der Waals surface area contributed by atoms with Crippen LogP contribution in [0, 0.1) is 12.8 Å². The molecule has 0 radical (unpaired) electrons. The largest absolute Gasteiger partial charge is 0.224 e. The van der Waals surface area contributed by atoms with Crippen LogP contribution in [0.25, 0.3) is 10.2 Å². The summed E-state index contributed by atoms with van der Waals surface area (Å²) in [5.74, 6) is 2.02. The van der Waals surface area contributed by atoms with E-state index in [1.807, 2.05) is 11.8 Å². The van der Waals surface area contributed by atoms with Gasteiger partial charge in [0.2, 0.25) is 5.28 Å². The first-order chi connectivity index (χ1) is 8.72. The van der Waals surface area contributed by atoms with Gasteiger partial charge in [-0.3, -0.25) is 0 Å². The highest BCUT2D eigenvalue weighted by atomic mass is 35.5. The van der Waals surface area contributed by atoms with Crippen molar-refractivity contribution in [1.82, 2.24) is 9.97 Å². The average Bonchev–Trinajstić information content (AvgIpc) is 2.93. The number of aromatic nitrogens is 2. The number of thioether (sulfide) groups is 1. The van der Waals surface area contributed by atoms with Crippen molar-refractivity contribution >= 4 is 44.9 Å². The number of nitrogens with zero attached hydrogens (tertiary/aromatic N) is 2. The van der Waals surface area contributed by atoms with Gasteiger partial charge < -0.3 is 0 Å². The molecule has 5 heteroatoms. The lowest BCUT2D eigenvalue weighted by molar-refractivity contribution is 0.623. The molecule has 0 unspecified atom stereocenters. The van der Waals surface area contributed by atoms with E-state index in [1.54, 1.807) is 11.3 Å². The van der Waals surface area contributed by atoms with Crippen LogP contribution in [0.5, 0.6) is 0 Å². The van der Waals surface area contributed by atoms with Gasteiger partial charge in [-0.15, -0.1) is 23.1 Å². The molecule has 2 aromatic rings. The van der Waals surface area contributed by atoms with Crippen LogP contribution in [0.3, 0.4) is 0 Å². The summed E-state index contributed by atoms with van der Waals surface area (Å²) in [6.07, 6.45) is 5.53. The maximum Gasteiger partial charge on any atom is 0.224 e. The van der Waals surface area contributed by atoms with Gasteiger partial charge in [0.15, 0.2) is 0 Å². The molecule has 0 bridgehead atoms. The fourth-order valence-corrected chi connectivity index (χ4v) is 4.88. The van der Waals surface area contributed by atoms with E-state index in [0.29, 0.717) is 5.28 Å². The zero-order chi connectivity index (χ0) is 12.5. The van der Waals surface area contributed by atoms with Crippen molar-refractivity contribution in [3.8, 4) is 0 Å². The van der Waals surface area contributed by atoms with E-state index < -0.39 is 0 Å². The highest BCUT2D eigenvalue weighted by Crippen LogP contribution is 2.35. The third kappa shape index (κ3) is 2.65. The summed E-state index contributed by atoms with van der Waals surface area (Å²) in [5, 5.41) is 2.60. The Labute approximate surface area is 120 Å². The van der Waals surface area contributed by atoms with Gasteiger partial charge in [-0.25, -0.2) is 9.97 Å². The Morgan fingerprint density at radius 2 is 2.17 bits per heavy atom. The lowest BCUT2D eigenvalue weighted by atomic mass is 10.1. The van der Waals surface area contributed by atoms with Crippen LogP contribution in [0.2, 0.25) is 5.28 Å². The van der Waals surface area contributed by atoms with E-state index >= 15 is 0 Å². The maximum atomic E-state index is 6.00. The summed E-state index contributed by atoms with van der Waals surface area (Å²) in [7, 11) is 0. The van der Waals surface area contributed by atoms with Crippen LogP contribution in [0.4, 0.5) is 0 Å². The lowest BCUT2D eigenvalue weighted by Gasteiger charge is -2.08. The normalized spacial score (nSPS) is 16.8. The van der Waals surface area contributed by atoms with Crippen molar-refractivity contribution in [2.24, 2.45) is 5.92 Å². The number of aryl methyl sites for hydroxylation is 1. The second-order valence-corrected chi connectivity index (χ2v) is 7.42. The Balaban J connectivity index is 1.85. The molecule has 0 N–H and O–H groups in total. The maximum absolute atomic E-state index is 6.00. The minimum Gasteiger partial charge on any atom is -0.211 e. The van der Waals surface area contributed by atoms with Crippen LogP contribution < -0.4 is 0 Å². The van der Waals surface area contributed by atoms with E-state index in [1.165, 1.54) is 35.9 Å². The summed E-state index contributed by atoms with van der Waals surface area (Å²) in [5.41, 5.74) is 0. The molecule has 0 aromatic carbocycles. The Bertz CT molecular complexity index is 561. The number of halogens is 1. The van der Waals surface area contributed by atoms with Gasteiger partial charge >= 0.3 is 0 Å². The quantitative estimate of drug-likeness (QED) is 0.456. The minimum atomic E-state index is 0.373. The van der Waals surface area contributed by atoms with Crippen molar-refractivity contribution in [2.75, 3.05) is 5.75 Å². The number of hydrogen-bond acceptors (Lipinski definition) is 4. The van der Waals surface area contributed by atoms with Crippen LogP contribution >= 0.6 is 34.7 Å². The SMILES string of the molecule is Cc1cc2c(SCC3CCCC3)nc(Cl)nc2s1. The van der Waals surface area contributed by atoms with Crippen molar-refractivity contribution in [3.05, 3.63) is 16.2 Å². The monoisotopic (exact) mass is 298 g/mol. The topological polar surface area (TPSA) is 25.8 Å². The van der Waals surface area contributed by atoms with Crippen molar-refractivity contribution in [1.29, 1.82) is 0 Å². The third-order valence-corrected chi connectivity index (χ3v) is 5.72. The number of hydrogen-bond donors (Lipinski definition) is 0. The Hall–Kier alpha value is -0.320. The average molecular weight is 299 g/mol. The minimum absolute atomic E-state index is 0.373. The second-order valence-electron chi connectivity index (χ2n) is 4.84. The first-order valence-electron chi connectivity index (χ1n) is 6.29. The van der Waals surface area contributed by atoms with Crippen molar-refractivity contribution in [2.45, 2.75) is 37.6 Å². The molecule has 96 valence electrons. The van der Waals surface area contributed by atoms with E-state index in [2.05, 4.69) is 23.0 Å². The second kappa shape index (κ2) is 5.35. The molecule has 0 amide bonds. The van der Waals surface area contributed by atoms with Crippen LogP contribution in [-0.2, 0) is 0 Å². The highest BCUT2D eigenvalue weighted by molar-refractivity contribution is 7.99. The Morgan fingerprint density at radius 3 is 2.94 bits per heavy atom. The fourth-order valence-electron chi connectivity index (χ4n) is 2.47. The molecule has 2 aromatic heterocycles. The van der Waals surface area contributed by atoms with Crippen LogP contribution in [0.1, 0.15) is 30.6 Å². The summed E-state index contributed by atoms with van der Waals surface area (Å²) in [6.45, 7) is 2.10. The molecule has 3 rings (SSSR count).